The van der Waals surface area contributed by atoms with Crippen molar-refractivity contribution in [2.24, 2.45) is 0 Å². The van der Waals surface area contributed by atoms with E-state index in [1.807, 2.05) is 12.1 Å². The average molecular weight is 333 g/mol. The van der Waals surface area contributed by atoms with E-state index in [9.17, 15) is 9.59 Å². The molecule has 0 unspecified atom stereocenters. The second kappa shape index (κ2) is 7.63. The molecule has 1 aliphatic rings. The summed E-state index contributed by atoms with van der Waals surface area (Å²) in [4.78, 5) is 24.2. The fourth-order valence-electron chi connectivity index (χ4n) is 2.46. The third kappa shape index (κ3) is 4.92. The zero-order valence-corrected chi connectivity index (χ0v) is 13.8. The number of hydrogen-bond acceptors (Lipinski definition) is 3. The van der Waals surface area contributed by atoms with Crippen LogP contribution in [0.3, 0.4) is 0 Å². The number of carbonyl (C=O) groups is 2. The average Bonchev–Trinajstić information content (AvgIpc) is 3.44. The zero-order valence-electron chi connectivity index (χ0n) is 13.8. The Morgan fingerprint density at radius 2 is 1.88 bits per heavy atom. The first-order valence-electron chi connectivity index (χ1n) is 8.34. The molecule has 1 aliphatic carbocycles. The number of nitrogens with one attached hydrogen (secondary N) is 2. The van der Waals surface area contributed by atoms with Crippen LogP contribution in [0.2, 0.25) is 0 Å². The van der Waals surface area contributed by atoms with Crippen LogP contribution in [0.25, 0.3) is 0 Å². The third-order valence-corrected chi connectivity index (χ3v) is 4.04. The van der Waals surface area contributed by atoms with Gasteiger partial charge in [0.1, 0.15) is 0 Å². The van der Waals surface area contributed by atoms with Crippen LogP contribution in [-0.2, 0) is 11.2 Å². The number of anilines is 1. The van der Waals surface area contributed by atoms with Crippen LogP contribution < -0.4 is 10.6 Å². The van der Waals surface area contributed by atoms with Crippen LogP contribution in [-0.4, -0.2) is 17.9 Å². The van der Waals surface area contributed by atoms with Gasteiger partial charge in [0.2, 0.25) is 5.91 Å². The van der Waals surface area contributed by atoms with Crippen LogP contribution in [0.5, 0.6) is 0 Å². The molecule has 1 saturated carbocycles. The molecule has 1 fully saturated rings. The highest BCUT2D eigenvalue weighted by Crippen LogP contribution is 2.20. The number of amides is 2. The predicted molar refractivity (Wildman–Crippen MR) is 95.0 cm³/mol. The zero-order chi connectivity index (χ0) is 17.6. The van der Waals surface area contributed by atoms with E-state index in [2.05, 4.69) is 16.7 Å². The molecule has 5 heteroatoms. The normalized spacial score (nSPS) is 12.9. The highest BCUT2D eigenvalue weighted by atomic mass is 16.2. The van der Waals surface area contributed by atoms with E-state index in [4.69, 9.17) is 5.26 Å². The molecule has 0 spiro atoms. The number of benzene rings is 2. The predicted octanol–water partition coefficient (Wildman–Crippen LogP) is 3.02. The van der Waals surface area contributed by atoms with Crippen LogP contribution in [0.15, 0.2) is 48.5 Å². The molecule has 25 heavy (non-hydrogen) atoms. The maximum absolute atomic E-state index is 12.1. The summed E-state index contributed by atoms with van der Waals surface area (Å²) in [5, 5.41) is 14.5. The first-order chi connectivity index (χ1) is 12.1. The Bertz CT molecular complexity index is 818. The Labute approximate surface area is 146 Å². The Hall–Kier alpha value is -3.13. The van der Waals surface area contributed by atoms with Gasteiger partial charge in [0.15, 0.2) is 0 Å². The van der Waals surface area contributed by atoms with Gasteiger partial charge in [-0.2, -0.15) is 5.26 Å². The van der Waals surface area contributed by atoms with Crippen molar-refractivity contribution in [3.05, 3.63) is 65.2 Å². The van der Waals surface area contributed by atoms with Gasteiger partial charge in [-0.3, -0.25) is 9.59 Å². The van der Waals surface area contributed by atoms with Crippen molar-refractivity contribution >= 4 is 17.5 Å². The Kier molecular flexibility index (Phi) is 5.10. The summed E-state index contributed by atoms with van der Waals surface area (Å²) in [6.07, 6.45) is 3.01. The SMILES string of the molecule is N#Cc1ccc(CCC(=O)Nc2cccc(C(=O)NC3CC3)c2)cc1. The lowest BCUT2D eigenvalue weighted by atomic mass is 10.1. The monoisotopic (exact) mass is 333 g/mol. The number of nitrogens with zero attached hydrogens (tertiary/aromatic N) is 1. The molecule has 5 nitrogen and oxygen atoms in total. The van der Waals surface area contributed by atoms with E-state index in [0.29, 0.717) is 35.7 Å². The fraction of sp³-hybridized carbons (Fsp3) is 0.250. The highest BCUT2D eigenvalue weighted by Gasteiger charge is 2.23. The summed E-state index contributed by atoms with van der Waals surface area (Å²) in [6, 6.07) is 16.5. The third-order valence-electron chi connectivity index (χ3n) is 4.04. The van der Waals surface area contributed by atoms with Crippen molar-refractivity contribution in [3.8, 4) is 6.07 Å². The van der Waals surface area contributed by atoms with Gasteiger partial charge < -0.3 is 10.6 Å². The minimum Gasteiger partial charge on any atom is -0.349 e. The Morgan fingerprint density at radius 1 is 1.12 bits per heavy atom. The van der Waals surface area contributed by atoms with Crippen LogP contribution in [0.4, 0.5) is 5.69 Å². The maximum Gasteiger partial charge on any atom is 0.251 e. The minimum absolute atomic E-state index is 0.101. The quantitative estimate of drug-likeness (QED) is 0.852. The molecule has 3 rings (SSSR count). The molecule has 2 N–H and O–H groups in total. The fourth-order valence-corrected chi connectivity index (χ4v) is 2.46. The van der Waals surface area contributed by atoms with Gasteiger partial charge in [0, 0.05) is 23.7 Å². The number of hydrogen-bond donors (Lipinski definition) is 2. The lowest BCUT2D eigenvalue weighted by Crippen LogP contribution is -2.25. The molecule has 2 amide bonds. The lowest BCUT2D eigenvalue weighted by molar-refractivity contribution is -0.116. The van der Waals surface area contributed by atoms with Gasteiger partial charge in [-0.25, -0.2) is 0 Å². The molecule has 0 heterocycles. The minimum atomic E-state index is -0.107. The summed E-state index contributed by atoms with van der Waals surface area (Å²) in [5.74, 6) is -0.208. The number of nitriles is 1. The molecule has 126 valence electrons. The van der Waals surface area contributed by atoms with E-state index in [-0.39, 0.29) is 11.8 Å². The van der Waals surface area contributed by atoms with Crippen molar-refractivity contribution < 1.29 is 9.59 Å². The molecule has 0 saturated heterocycles. The van der Waals surface area contributed by atoms with Gasteiger partial charge >= 0.3 is 0 Å². The summed E-state index contributed by atoms with van der Waals surface area (Å²) in [6.45, 7) is 0. The van der Waals surface area contributed by atoms with Crippen molar-refractivity contribution in [3.63, 3.8) is 0 Å². The van der Waals surface area contributed by atoms with Crippen molar-refractivity contribution in [2.45, 2.75) is 31.7 Å². The summed E-state index contributed by atoms with van der Waals surface area (Å²) in [5.41, 5.74) is 2.78. The second-order valence-corrected chi connectivity index (χ2v) is 6.19. The van der Waals surface area contributed by atoms with Crippen molar-refractivity contribution in [2.75, 3.05) is 5.32 Å². The molecule has 0 atom stereocenters. The van der Waals surface area contributed by atoms with Gasteiger partial charge in [0.05, 0.1) is 11.6 Å². The molecular weight excluding hydrogens is 314 g/mol. The van der Waals surface area contributed by atoms with E-state index in [1.165, 1.54) is 0 Å². The molecule has 0 bridgehead atoms. The maximum atomic E-state index is 12.1. The smallest absolute Gasteiger partial charge is 0.251 e. The molecule has 0 aromatic heterocycles. The number of carbonyl (C=O) groups excluding carboxylic acids is 2. The van der Waals surface area contributed by atoms with E-state index in [1.54, 1.807) is 36.4 Å². The van der Waals surface area contributed by atoms with E-state index < -0.39 is 0 Å². The van der Waals surface area contributed by atoms with E-state index >= 15 is 0 Å². The topological polar surface area (TPSA) is 82.0 Å². The summed E-state index contributed by atoms with van der Waals surface area (Å²) >= 11 is 0. The number of rotatable bonds is 6. The molecule has 0 radical (unpaired) electrons. The second-order valence-electron chi connectivity index (χ2n) is 6.19. The molecule has 2 aromatic carbocycles. The first-order valence-corrected chi connectivity index (χ1v) is 8.34. The van der Waals surface area contributed by atoms with Gasteiger partial charge in [-0.1, -0.05) is 18.2 Å². The highest BCUT2D eigenvalue weighted by molar-refractivity contribution is 5.97. The van der Waals surface area contributed by atoms with Crippen molar-refractivity contribution in [1.82, 2.24) is 5.32 Å². The van der Waals surface area contributed by atoms with Crippen LogP contribution in [0, 0.1) is 11.3 Å². The number of aryl methyl sites for hydroxylation is 1. The van der Waals surface area contributed by atoms with Gasteiger partial charge in [-0.05, 0) is 55.2 Å². The lowest BCUT2D eigenvalue weighted by Gasteiger charge is -2.08. The van der Waals surface area contributed by atoms with Crippen LogP contribution in [0.1, 0.15) is 40.7 Å². The molecular formula is C20H19N3O2. The van der Waals surface area contributed by atoms with Crippen LogP contribution >= 0.6 is 0 Å². The van der Waals surface area contributed by atoms with Gasteiger partial charge in [-0.15, -0.1) is 0 Å². The summed E-state index contributed by atoms with van der Waals surface area (Å²) < 4.78 is 0. The molecule has 0 aliphatic heterocycles. The summed E-state index contributed by atoms with van der Waals surface area (Å²) in [7, 11) is 0. The van der Waals surface area contributed by atoms with E-state index in [0.717, 1.165) is 18.4 Å². The van der Waals surface area contributed by atoms with Crippen molar-refractivity contribution in [1.29, 1.82) is 5.26 Å². The Balaban J connectivity index is 1.53. The first kappa shape index (κ1) is 16.7. The van der Waals surface area contributed by atoms with Gasteiger partial charge in [0.25, 0.3) is 5.91 Å². The largest absolute Gasteiger partial charge is 0.349 e. The standard InChI is InChI=1S/C20H19N3O2/c21-13-15-6-4-14(5-7-15)8-11-19(24)22-18-3-1-2-16(12-18)20(25)23-17-9-10-17/h1-7,12,17H,8-11H2,(H,22,24)(H,23,25). The Morgan fingerprint density at radius 3 is 2.56 bits per heavy atom. The molecule has 2 aromatic rings.